The molecule has 4 rings (SSSR count). The number of halogens is 2. The van der Waals surface area contributed by atoms with Gasteiger partial charge in [-0.15, -0.1) is 5.10 Å². The second kappa shape index (κ2) is 12.6. The second-order valence-corrected chi connectivity index (χ2v) is 9.28. The molecule has 8 nitrogen and oxygen atoms in total. The first-order chi connectivity index (χ1) is 18.8. The molecule has 0 aliphatic rings. The quantitative estimate of drug-likeness (QED) is 0.201. The molecule has 2 aromatic heterocycles. The van der Waals surface area contributed by atoms with Crippen molar-refractivity contribution in [2.75, 3.05) is 11.9 Å². The molecule has 4 aromatic rings. The summed E-state index contributed by atoms with van der Waals surface area (Å²) in [5.41, 5.74) is 0.507. The maximum absolute atomic E-state index is 14.7. The number of benzene rings is 2. The Morgan fingerprint density at radius 1 is 1.08 bits per heavy atom. The highest BCUT2D eigenvalue weighted by Gasteiger charge is 2.21. The van der Waals surface area contributed by atoms with Crippen LogP contribution in [-0.2, 0) is 6.42 Å². The Morgan fingerprint density at radius 2 is 1.87 bits per heavy atom. The van der Waals surface area contributed by atoms with E-state index in [1.54, 1.807) is 36.4 Å². The van der Waals surface area contributed by atoms with Crippen molar-refractivity contribution in [2.24, 2.45) is 0 Å². The molecule has 0 atom stereocenters. The zero-order valence-electron chi connectivity index (χ0n) is 21.9. The van der Waals surface area contributed by atoms with Crippen molar-refractivity contribution in [3.05, 3.63) is 89.6 Å². The summed E-state index contributed by atoms with van der Waals surface area (Å²) in [5.74, 6) is -0.567. The molecule has 3 N–H and O–H groups in total. The molecule has 0 aliphatic carbocycles. The number of amides is 1. The van der Waals surface area contributed by atoms with Gasteiger partial charge in [-0.25, -0.2) is 18.7 Å². The average molecular weight is 536 g/mol. The minimum atomic E-state index is -0.692. The molecule has 0 saturated heterocycles. The first-order valence-corrected chi connectivity index (χ1v) is 12.9. The molecule has 204 valence electrons. The van der Waals surface area contributed by atoms with Gasteiger partial charge in [-0.1, -0.05) is 32.0 Å². The van der Waals surface area contributed by atoms with E-state index in [0.717, 1.165) is 0 Å². The molecule has 0 saturated carbocycles. The summed E-state index contributed by atoms with van der Waals surface area (Å²) < 4.78 is 34.4. The normalized spacial score (nSPS) is 11.4. The maximum atomic E-state index is 14.7. The Kier molecular flexibility index (Phi) is 8.98. The van der Waals surface area contributed by atoms with Crippen LogP contribution in [0, 0.1) is 11.6 Å². The number of H-pyrrole nitrogens is 1. The number of nitrogens with one attached hydrogen (secondary N) is 2. The fourth-order valence-electron chi connectivity index (χ4n) is 4.15. The number of pyridine rings is 1. The standard InChI is InChI=1S/C29H31F2N5O3/c1-3-29(38,4-2)13-7-15-39-21-10-11-24(31)22(18-21)19-12-14-32-25(16-19)34-28(37)27-33-26(35-36-27)17-20-8-5-6-9-23(20)30/h5-6,8-12,14,16,18,38H,3-4,7,13,15,17H2,1-2H3,(H,32,34,37)(H,33,35,36). The van der Waals surface area contributed by atoms with E-state index in [4.69, 9.17) is 4.74 Å². The van der Waals surface area contributed by atoms with E-state index in [0.29, 0.717) is 55.0 Å². The van der Waals surface area contributed by atoms with E-state index in [1.807, 2.05) is 13.8 Å². The molecule has 10 heteroatoms. The number of ether oxygens (including phenoxy) is 1. The summed E-state index contributed by atoms with van der Waals surface area (Å²) in [7, 11) is 0. The Labute approximate surface area is 225 Å². The molecule has 2 heterocycles. The highest BCUT2D eigenvalue weighted by Crippen LogP contribution is 2.29. The van der Waals surface area contributed by atoms with Gasteiger partial charge in [0.15, 0.2) is 0 Å². The molecule has 0 unspecified atom stereocenters. The van der Waals surface area contributed by atoms with Gasteiger partial charge in [0.05, 0.1) is 12.2 Å². The summed E-state index contributed by atoms with van der Waals surface area (Å²) in [5, 5.41) is 19.6. The smallest absolute Gasteiger partial charge is 0.296 e. The van der Waals surface area contributed by atoms with Crippen molar-refractivity contribution in [1.82, 2.24) is 20.2 Å². The van der Waals surface area contributed by atoms with E-state index >= 15 is 0 Å². The van der Waals surface area contributed by atoms with Crippen LogP contribution in [0.15, 0.2) is 60.8 Å². The summed E-state index contributed by atoms with van der Waals surface area (Å²) in [6.07, 6.45) is 4.25. The Balaban J connectivity index is 1.40. The van der Waals surface area contributed by atoms with E-state index < -0.39 is 17.3 Å². The molecule has 2 aromatic carbocycles. The summed E-state index contributed by atoms with van der Waals surface area (Å²) in [6.45, 7) is 4.30. The molecule has 1 amide bonds. The topological polar surface area (TPSA) is 113 Å². The van der Waals surface area contributed by atoms with Crippen LogP contribution >= 0.6 is 0 Å². The van der Waals surface area contributed by atoms with E-state index in [2.05, 4.69) is 25.5 Å². The predicted octanol–water partition coefficient (Wildman–Crippen LogP) is 5.70. The minimum Gasteiger partial charge on any atom is -0.494 e. The van der Waals surface area contributed by atoms with E-state index in [-0.39, 0.29) is 29.4 Å². The molecule has 0 bridgehead atoms. The van der Waals surface area contributed by atoms with Gasteiger partial charge in [0.1, 0.15) is 29.0 Å². The van der Waals surface area contributed by atoms with Crippen LogP contribution in [0.4, 0.5) is 14.6 Å². The van der Waals surface area contributed by atoms with Gasteiger partial charge in [0.2, 0.25) is 5.82 Å². The lowest BCUT2D eigenvalue weighted by atomic mass is 9.92. The van der Waals surface area contributed by atoms with Crippen LogP contribution in [0.3, 0.4) is 0 Å². The second-order valence-electron chi connectivity index (χ2n) is 9.28. The van der Waals surface area contributed by atoms with Gasteiger partial charge >= 0.3 is 0 Å². The fraction of sp³-hybridized carbons (Fsp3) is 0.310. The number of nitrogens with zero attached hydrogens (tertiary/aromatic N) is 3. The van der Waals surface area contributed by atoms with Crippen molar-refractivity contribution >= 4 is 11.7 Å². The maximum Gasteiger partial charge on any atom is 0.296 e. The number of hydrogen-bond donors (Lipinski definition) is 3. The summed E-state index contributed by atoms with van der Waals surface area (Å²) in [4.78, 5) is 21.0. The third-order valence-corrected chi connectivity index (χ3v) is 6.67. The lowest BCUT2D eigenvalue weighted by Crippen LogP contribution is -2.26. The SMILES string of the molecule is CCC(O)(CC)CCCOc1ccc(F)c(-c2ccnc(NC(=O)c3n[nH]c(Cc4ccccc4F)n3)c2)c1. The number of anilines is 1. The zero-order chi connectivity index (χ0) is 27.8. The number of aromatic amines is 1. The number of aliphatic hydroxyl groups is 1. The van der Waals surface area contributed by atoms with Crippen LogP contribution in [0.25, 0.3) is 11.1 Å². The zero-order valence-corrected chi connectivity index (χ0v) is 21.9. The van der Waals surface area contributed by atoms with Gasteiger partial charge < -0.3 is 15.2 Å². The molecule has 0 spiro atoms. The van der Waals surface area contributed by atoms with Crippen molar-refractivity contribution in [2.45, 2.75) is 51.6 Å². The van der Waals surface area contributed by atoms with Crippen LogP contribution in [0.5, 0.6) is 5.75 Å². The fourth-order valence-corrected chi connectivity index (χ4v) is 4.15. The third kappa shape index (κ3) is 7.23. The minimum absolute atomic E-state index is 0.131. The van der Waals surface area contributed by atoms with Crippen LogP contribution in [0.2, 0.25) is 0 Å². The largest absolute Gasteiger partial charge is 0.494 e. The number of hydrogen-bond acceptors (Lipinski definition) is 6. The lowest BCUT2D eigenvalue weighted by molar-refractivity contribution is 0.0185. The number of rotatable bonds is 12. The van der Waals surface area contributed by atoms with Crippen LogP contribution in [0.1, 0.15) is 61.5 Å². The van der Waals surface area contributed by atoms with Gasteiger partial charge in [-0.3, -0.25) is 9.89 Å². The Hall–Kier alpha value is -4.18. The molecule has 0 aliphatic heterocycles. The van der Waals surface area contributed by atoms with Crippen molar-refractivity contribution in [3.63, 3.8) is 0 Å². The monoisotopic (exact) mass is 535 g/mol. The number of aromatic nitrogens is 4. The van der Waals surface area contributed by atoms with Gasteiger partial charge in [0, 0.05) is 18.2 Å². The van der Waals surface area contributed by atoms with Gasteiger partial charge in [-0.2, -0.15) is 0 Å². The molecular formula is C29H31F2N5O3. The predicted molar refractivity (Wildman–Crippen MR) is 143 cm³/mol. The molecule has 39 heavy (non-hydrogen) atoms. The average Bonchev–Trinajstić information content (AvgIpc) is 3.42. The van der Waals surface area contributed by atoms with Crippen molar-refractivity contribution < 1.29 is 23.4 Å². The number of carbonyl (C=O) groups excluding carboxylic acids is 1. The van der Waals surface area contributed by atoms with E-state index in [1.165, 1.54) is 24.4 Å². The first-order valence-electron chi connectivity index (χ1n) is 12.9. The molecule has 0 radical (unpaired) electrons. The van der Waals surface area contributed by atoms with Crippen molar-refractivity contribution in [1.29, 1.82) is 0 Å². The first kappa shape index (κ1) is 27.8. The van der Waals surface area contributed by atoms with Crippen LogP contribution < -0.4 is 10.1 Å². The highest BCUT2D eigenvalue weighted by molar-refractivity contribution is 6.01. The van der Waals surface area contributed by atoms with Crippen LogP contribution in [-0.4, -0.2) is 43.4 Å². The van der Waals surface area contributed by atoms with E-state index in [9.17, 15) is 18.7 Å². The highest BCUT2D eigenvalue weighted by atomic mass is 19.1. The molecule has 0 fully saturated rings. The van der Waals surface area contributed by atoms with Gasteiger partial charge in [0.25, 0.3) is 5.91 Å². The lowest BCUT2D eigenvalue weighted by Gasteiger charge is -2.24. The summed E-state index contributed by atoms with van der Waals surface area (Å²) >= 11 is 0. The van der Waals surface area contributed by atoms with Gasteiger partial charge in [-0.05, 0) is 73.2 Å². The Morgan fingerprint density at radius 3 is 2.64 bits per heavy atom. The molecular weight excluding hydrogens is 504 g/mol. The summed E-state index contributed by atoms with van der Waals surface area (Å²) in [6, 6.07) is 13.9. The number of carbonyl (C=O) groups is 1. The Bertz CT molecular complexity index is 1420. The van der Waals surface area contributed by atoms with Crippen molar-refractivity contribution in [3.8, 4) is 16.9 Å². The third-order valence-electron chi connectivity index (χ3n) is 6.67.